The van der Waals surface area contributed by atoms with Crippen LogP contribution in [0, 0.1) is 0 Å². The number of fused-ring (bicyclic) bond motifs is 1. The molecule has 1 aromatic carbocycles. The van der Waals surface area contributed by atoms with Crippen LogP contribution in [-0.2, 0) is 4.79 Å². The van der Waals surface area contributed by atoms with Gasteiger partial charge in [0.25, 0.3) is 0 Å². The third-order valence-electron chi connectivity index (χ3n) is 4.55. The Morgan fingerprint density at radius 1 is 1.38 bits per heavy atom. The highest BCUT2D eigenvalue weighted by Crippen LogP contribution is 2.32. The lowest BCUT2D eigenvalue weighted by Crippen LogP contribution is -2.37. The van der Waals surface area contributed by atoms with Crippen LogP contribution in [-0.4, -0.2) is 47.5 Å². The third kappa shape index (κ3) is 4.23. The standard InChI is InChI=1S/C19H26N4O/c1-23(2)12-6-11-18(24)20-15-8-5-7-14(13-15)19-21-16-9-3-4-10-17(16)22-19/h3-4,6,9-11,14-15H,5,7-8,12-13H2,1-2H3,(H,20,24)(H,21,22)/b11-6+. The van der Waals surface area contributed by atoms with E-state index >= 15 is 0 Å². The van der Waals surface area contributed by atoms with Crippen molar-refractivity contribution in [3.8, 4) is 0 Å². The van der Waals surface area contributed by atoms with Crippen molar-refractivity contribution >= 4 is 16.9 Å². The molecular formula is C19H26N4O. The van der Waals surface area contributed by atoms with Crippen LogP contribution in [0.4, 0.5) is 0 Å². The average molecular weight is 326 g/mol. The van der Waals surface area contributed by atoms with Gasteiger partial charge in [-0.3, -0.25) is 4.79 Å². The second kappa shape index (κ2) is 7.62. The molecular weight excluding hydrogens is 300 g/mol. The molecule has 5 heteroatoms. The van der Waals surface area contributed by atoms with Crippen LogP contribution in [0.1, 0.15) is 37.4 Å². The molecule has 0 radical (unpaired) electrons. The second-order valence-corrected chi connectivity index (χ2v) is 6.87. The third-order valence-corrected chi connectivity index (χ3v) is 4.55. The van der Waals surface area contributed by atoms with E-state index in [4.69, 9.17) is 4.98 Å². The van der Waals surface area contributed by atoms with Gasteiger partial charge in [0.15, 0.2) is 0 Å². The lowest BCUT2D eigenvalue weighted by atomic mass is 9.85. The van der Waals surface area contributed by atoms with E-state index in [0.29, 0.717) is 5.92 Å². The number of aromatic amines is 1. The van der Waals surface area contributed by atoms with Crippen molar-refractivity contribution in [2.45, 2.75) is 37.6 Å². The Morgan fingerprint density at radius 3 is 3.00 bits per heavy atom. The Morgan fingerprint density at radius 2 is 2.21 bits per heavy atom. The van der Waals surface area contributed by atoms with Crippen molar-refractivity contribution in [3.63, 3.8) is 0 Å². The maximum absolute atomic E-state index is 12.0. The minimum absolute atomic E-state index is 0.00658. The van der Waals surface area contributed by atoms with Gasteiger partial charge in [0, 0.05) is 24.6 Å². The molecule has 0 bridgehead atoms. The maximum Gasteiger partial charge on any atom is 0.243 e. The van der Waals surface area contributed by atoms with Gasteiger partial charge in [-0.2, -0.15) is 0 Å². The van der Waals surface area contributed by atoms with Gasteiger partial charge in [0.2, 0.25) is 5.91 Å². The van der Waals surface area contributed by atoms with E-state index in [-0.39, 0.29) is 11.9 Å². The Kier molecular flexibility index (Phi) is 5.30. The van der Waals surface area contributed by atoms with Crippen LogP contribution in [0.2, 0.25) is 0 Å². The zero-order valence-corrected chi connectivity index (χ0v) is 14.5. The number of benzene rings is 1. The average Bonchev–Trinajstić information content (AvgIpc) is 2.99. The van der Waals surface area contributed by atoms with Gasteiger partial charge in [0.05, 0.1) is 11.0 Å². The van der Waals surface area contributed by atoms with E-state index in [2.05, 4.69) is 16.4 Å². The second-order valence-electron chi connectivity index (χ2n) is 6.87. The normalized spacial score (nSPS) is 21.6. The summed E-state index contributed by atoms with van der Waals surface area (Å²) in [5.41, 5.74) is 2.11. The molecule has 2 N–H and O–H groups in total. The molecule has 3 rings (SSSR count). The summed E-state index contributed by atoms with van der Waals surface area (Å²) in [5, 5.41) is 3.14. The summed E-state index contributed by atoms with van der Waals surface area (Å²) in [7, 11) is 3.97. The van der Waals surface area contributed by atoms with Crippen molar-refractivity contribution in [2.75, 3.05) is 20.6 Å². The number of amides is 1. The molecule has 24 heavy (non-hydrogen) atoms. The van der Waals surface area contributed by atoms with Gasteiger partial charge in [-0.05, 0) is 45.5 Å². The number of H-pyrrole nitrogens is 1. The molecule has 0 saturated heterocycles. The van der Waals surface area contributed by atoms with Gasteiger partial charge in [-0.25, -0.2) is 4.98 Å². The number of para-hydroxylation sites is 2. The number of nitrogens with zero attached hydrogens (tertiary/aromatic N) is 2. The highest BCUT2D eigenvalue weighted by atomic mass is 16.1. The number of hydrogen-bond acceptors (Lipinski definition) is 3. The monoisotopic (exact) mass is 326 g/mol. The number of likely N-dealkylation sites (N-methyl/N-ethyl adjacent to an activating group) is 1. The number of carbonyl (C=O) groups excluding carboxylic acids is 1. The largest absolute Gasteiger partial charge is 0.350 e. The summed E-state index contributed by atoms with van der Waals surface area (Å²) in [6, 6.07) is 8.36. The van der Waals surface area contributed by atoms with Crippen LogP contribution in [0.3, 0.4) is 0 Å². The summed E-state index contributed by atoms with van der Waals surface area (Å²) in [6.07, 6.45) is 7.79. The maximum atomic E-state index is 12.0. The van der Waals surface area contributed by atoms with Gasteiger partial charge in [0.1, 0.15) is 5.82 Å². The van der Waals surface area contributed by atoms with E-state index in [1.165, 1.54) is 0 Å². The molecule has 128 valence electrons. The van der Waals surface area contributed by atoms with Crippen LogP contribution < -0.4 is 5.32 Å². The molecule has 1 heterocycles. The number of hydrogen-bond donors (Lipinski definition) is 2. The van der Waals surface area contributed by atoms with E-state index in [1.54, 1.807) is 6.08 Å². The zero-order valence-electron chi connectivity index (χ0n) is 14.5. The summed E-state index contributed by atoms with van der Waals surface area (Å²) < 4.78 is 0. The number of carbonyl (C=O) groups is 1. The molecule has 1 aromatic heterocycles. The first-order valence-corrected chi connectivity index (χ1v) is 8.68. The predicted octanol–water partition coefficient (Wildman–Crippen LogP) is 2.82. The van der Waals surface area contributed by atoms with E-state index in [0.717, 1.165) is 49.1 Å². The van der Waals surface area contributed by atoms with E-state index in [1.807, 2.05) is 43.3 Å². The quantitative estimate of drug-likeness (QED) is 0.831. The highest BCUT2D eigenvalue weighted by Gasteiger charge is 2.26. The fraction of sp³-hybridized carbons (Fsp3) is 0.474. The first-order chi connectivity index (χ1) is 11.6. The van der Waals surface area contributed by atoms with Crippen LogP contribution in [0.15, 0.2) is 36.4 Å². The molecule has 2 unspecified atom stereocenters. The summed E-state index contributed by atoms with van der Waals surface area (Å²) in [4.78, 5) is 22.2. The smallest absolute Gasteiger partial charge is 0.243 e. The zero-order chi connectivity index (χ0) is 16.9. The van der Waals surface area contributed by atoms with Crippen molar-refractivity contribution < 1.29 is 4.79 Å². The first-order valence-electron chi connectivity index (χ1n) is 8.68. The lowest BCUT2D eigenvalue weighted by Gasteiger charge is -2.28. The molecule has 1 saturated carbocycles. The molecule has 2 aromatic rings. The molecule has 0 aliphatic heterocycles. The Balaban J connectivity index is 1.59. The molecule has 1 fully saturated rings. The molecule has 0 spiro atoms. The van der Waals surface area contributed by atoms with Crippen LogP contribution in [0.25, 0.3) is 11.0 Å². The number of imidazole rings is 1. The molecule has 2 atom stereocenters. The molecule has 5 nitrogen and oxygen atoms in total. The van der Waals surface area contributed by atoms with Crippen molar-refractivity contribution in [1.82, 2.24) is 20.2 Å². The lowest BCUT2D eigenvalue weighted by molar-refractivity contribution is -0.117. The Bertz CT molecular complexity index is 686. The fourth-order valence-electron chi connectivity index (χ4n) is 3.35. The first kappa shape index (κ1) is 16.7. The predicted molar refractivity (Wildman–Crippen MR) is 96.9 cm³/mol. The number of aromatic nitrogens is 2. The van der Waals surface area contributed by atoms with Crippen molar-refractivity contribution in [2.24, 2.45) is 0 Å². The summed E-state index contributed by atoms with van der Waals surface area (Å²) >= 11 is 0. The fourth-order valence-corrected chi connectivity index (χ4v) is 3.35. The van der Waals surface area contributed by atoms with Crippen LogP contribution >= 0.6 is 0 Å². The summed E-state index contributed by atoms with van der Waals surface area (Å²) in [5.74, 6) is 1.45. The van der Waals surface area contributed by atoms with Crippen LogP contribution in [0.5, 0.6) is 0 Å². The van der Waals surface area contributed by atoms with Gasteiger partial charge in [-0.15, -0.1) is 0 Å². The highest BCUT2D eigenvalue weighted by molar-refractivity contribution is 5.87. The van der Waals surface area contributed by atoms with Gasteiger partial charge < -0.3 is 15.2 Å². The Labute approximate surface area is 143 Å². The van der Waals surface area contributed by atoms with Crippen molar-refractivity contribution in [1.29, 1.82) is 0 Å². The Hall–Kier alpha value is -2.14. The van der Waals surface area contributed by atoms with Crippen molar-refractivity contribution in [3.05, 3.63) is 42.2 Å². The topological polar surface area (TPSA) is 61.0 Å². The molecule has 1 aliphatic carbocycles. The van der Waals surface area contributed by atoms with Gasteiger partial charge >= 0.3 is 0 Å². The van der Waals surface area contributed by atoms with Gasteiger partial charge in [-0.1, -0.05) is 24.6 Å². The molecule has 1 amide bonds. The SMILES string of the molecule is CN(C)C/C=C/C(=O)NC1CCCC(c2nc3ccccc3[nH]2)C1. The number of rotatable bonds is 5. The molecule has 1 aliphatic rings. The number of nitrogens with one attached hydrogen (secondary N) is 2. The van der Waals surface area contributed by atoms with E-state index in [9.17, 15) is 4.79 Å². The van der Waals surface area contributed by atoms with E-state index < -0.39 is 0 Å². The minimum atomic E-state index is 0.00658. The summed E-state index contributed by atoms with van der Waals surface area (Å²) in [6.45, 7) is 0.777. The minimum Gasteiger partial charge on any atom is -0.350 e.